The predicted molar refractivity (Wildman–Crippen MR) is 48.6 cm³/mol. The van der Waals surface area contributed by atoms with E-state index in [1.54, 1.807) is 7.05 Å². The number of nitrogens with one attached hydrogen (secondary N) is 1. The Morgan fingerprint density at radius 3 is 2.53 bits per heavy atom. The third-order valence-electron chi connectivity index (χ3n) is 2.37. The summed E-state index contributed by atoms with van der Waals surface area (Å²) in [5, 5.41) is 2.82. The van der Waals surface area contributed by atoms with Gasteiger partial charge in [0.15, 0.2) is 0 Å². The molecule has 0 spiro atoms. The van der Waals surface area contributed by atoms with E-state index in [0.29, 0.717) is 17.3 Å². The highest BCUT2D eigenvalue weighted by molar-refractivity contribution is 7.90. The van der Waals surface area contributed by atoms with E-state index >= 15 is 0 Å². The van der Waals surface area contributed by atoms with E-state index in [0.717, 1.165) is 0 Å². The highest BCUT2D eigenvalue weighted by Crippen LogP contribution is 2.30. The number of halogens is 3. The molecule has 1 saturated heterocycles. The smallest absolute Gasteiger partial charge is 0.319 e. The Morgan fingerprint density at radius 2 is 2.07 bits per heavy atom. The van der Waals surface area contributed by atoms with Crippen molar-refractivity contribution in [2.24, 2.45) is 5.92 Å². The lowest BCUT2D eigenvalue weighted by Gasteiger charge is -2.18. The topological polar surface area (TPSA) is 49.4 Å². The van der Waals surface area contributed by atoms with Crippen LogP contribution in [0.2, 0.25) is 0 Å². The van der Waals surface area contributed by atoms with E-state index in [-0.39, 0.29) is 19.0 Å². The van der Waals surface area contributed by atoms with Crippen LogP contribution in [0.3, 0.4) is 0 Å². The second-order valence-corrected chi connectivity index (χ2v) is 5.45. The molecule has 0 aliphatic carbocycles. The SMILES string of the molecule is CNCC1CCN(S(=O)(=O)C(F)(F)F)C1. The van der Waals surface area contributed by atoms with E-state index in [1.807, 2.05) is 0 Å². The van der Waals surface area contributed by atoms with Gasteiger partial charge in [-0.15, -0.1) is 0 Å². The second-order valence-electron chi connectivity index (χ2n) is 3.52. The first-order valence-corrected chi connectivity index (χ1v) is 5.94. The fourth-order valence-corrected chi connectivity index (χ4v) is 2.66. The van der Waals surface area contributed by atoms with Gasteiger partial charge < -0.3 is 5.32 Å². The average molecular weight is 246 g/mol. The molecule has 8 heteroatoms. The fraction of sp³-hybridized carbons (Fsp3) is 1.00. The molecule has 0 saturated carbocycles. The van der Waals surface area contributed by atoms with E-state index in [4.69, 9.17) is 0 Å². The number of sulfonamides is 1. The summed E-state index contributed by atoms with van der Waals surface area (Å²) in [6.45, 7) is 0.431. The molecule has 1 aliphatic heterocycles. The molecular weight excluding hydrogens is 233 g/mol. The van der Waals surface area contributed by atoms with Crippen molar-refractivity contribution in [3.63, 3.8) is 0 Å². The normalized spacial score (nSPS) is 24.7. The number of hydrogen-bond acceptors (Lipinski definition) is 3. The zero-order chi connectivity index (χ0) is 11.7. The van der Waals surface area contributed by atoms with Gasteiger partial charge in [-0.3, -0.25) is 0 Å². The van der Waals surface area contributed by atoms with Gasteiger partial charge in [0.25, 0.3) is 0 Å². The molecule has 0 bridgehead atoms. The zero-order valence-corrected chi connectivity index (χ0v) is 9.03. The van der Waals surface area contributed by atoms with Crippen molar-refractivity contribution in [3.05, 3.63) is 0 Å². The van der Waals surface area contributed by atoms with Crippen LogP contribution in [0.5, 0.6) is 0 Å². The molecule has 0 aromatic carbocycles. The van der Waals surface area contributed by atoms with Crippen LogP contribution in [0.4, 0.5) is 13.2 Å². The van der Waals surface area contributed by atoms with Crippen LogP contribution >= 0.6 is 0 Å². The summed E-state index contributed by atoms with van der Waals surface area (Å²) in [6.07, 6.45) is 0.468. The van der Waals surface area contributed by atoms with E-state index in [2.05, 4.69) is 5.32 Å². The Bertz CT molecular complexity index is 315. The van der Waals surface area contributed by atoms with Gasteiger partial charge in [-0.1, -0.05) is 0 Å². The van der Waals surface area contributed by atoms with Crippen LogP contribution in [0, 0.1) is 5.92 Å². The predicted octanol–water partition coefficient (Wildman–Crippen LogP) is 0.377. The summed E-state index contributed by atoms with van der Waals surface area (Å²) >= 11 is 0. The molecule has 0 aromatic heterocycles. The minimum absolute atomic E-state index is 0.0351. The van der Waals surface area contributed by atoms with Crippen LogP contribution in [-0.2, 0) is 10.0 Å². The molecule has 1 rings (SSSR count). The van der Waals surface area contributed by atoms with E-state index in [1.165, 1.54) is 0 Å². The van der Waals surface area contributed by atoms with Crippen molar-refractivity contribution in [2.75, 3.05) is 26.7 Å². The number of nitrogens with zero attached hydrogens (tertiary/aromatic N) is 1. The van der Waals surface area contributed by atoms with Gasteiger partial charge in [0.05, 0.1) is 0 Å². The molecule has 0 aromatic rings. The number of alkyl halides is 3. The van der Waals surface area contributed by atoms with E-state index < -0.39 is 15.5 Å². The molecule has 15 heavy (non-hydrogen) atoms. The Labute approximate surface area is 86.5 Å². The number of rotatable bonds is 3. The maximum atomic E-state index is 12.2. The second kappa shape index (κ2) is 4.26. The van der Waals surface area contributed by atoms with Crippen molar-refractivity contribution < 1.29 is 21.6 Å². The molecule has 1 heterocycles. The largest absolute Gasteiger partial charge is 0.511 e. The van der Waals surface area contributed by atoms with Crippen LogP contribution in [0.25, 0.3) is 0 Å². The standard InChI is InChI=1S/C7H13F3N2O2S/c1-11-4-6-2-3-12(5-6)15(13,14)7(8,9)10/h6,11H,2-5H2,1H3. The maximum Gasteiger partial charge on any atom is 0.511 e. The summed E-state index contributed by atoms with van der Waals surface area (Å²) in [4.78, 5) is 0. The molecule has 1 atom stereocenters. The first kappa shape index (κ1) is 12.7. The molecule has 90 valence electrons. The molecule has 0 amide bonds. The highest BCUT2D eigenvalue weighted by Gasteiger charge is 2.51. The molecule has 4 nitrogen and oxygen atoms in total. The summed E-state index contributed by atoms with van der Waals surface area (Å²) in [7, 11) is -3.44. The minimum atomic E-state index is -5.18. The van der Waals surface area contributed by atoms with Crippen molar-refractivity contribution in [1.29, 1.82) is 0 Å². The van der Waals surface area contributed by atoms with Crippen LogP contribution in [0.15, 0.2) is 0 Å². The third-order valence-corrected chi connectivity index (χ3v) is 3.97. The lowest BCUT2D eigenvalue weighted by molar-refractivity contribution is -0.0484. The molecule has 1 N–H and O–H groups in total. The lowest BCUT2D eigenvalue weighted by atomic mass is 10.1. The van der Waals surface area contributed by atoms with Gasteiger partial charge in [0.2, 0.25) is 0 Å². The Morgan fingerprint density at radius 1 is 1.47 bits per heavy atom. The quantitative estimate of drug-likeness (QED) is 0.783. The number of hydrogen-bond donors (Lipinski definition) is 1. The molecular formula is C7H13F3N2O2S. The van der Waals surface area contributed by atoms with Crippen LogP contribution in [-0.4, -0.2) is 44.9 Å². The van der Waals surface area contributed by atoms with E-state index in [9.17, 15) is 21.6 Å². The fourth-order valence-electron chi connectivity index (χ4n) is 1.62. The molecule has 1 fully saturated rings. The monoisotopic (exact) mass is 246 g/mol. The van der Waals surface area contributed by atoms with Gasteiger partial charge in [-0.05, 0) is 25.9 Å². The first-order valence-electron chi connectivity index (χ1n) is 4.50. The van der Waals surface area contributed by atoms with Gasteiger partial charge in [0, 0.05) is 13.1 Å². The van der Waals surface area contributed by atoms with Gasteiger partial charge in [-0.2, -0.15) is 17.5 Å². The van der Waals surface area contributed by atoms with Crippen molar-refractivity contribution >= 4 is 10.0 Å². The molecule has 1 aliphatic rings. The lowest BCUT2D eigenvalue weighted by Crippen LogP contribution is -2.39. The summed E-state index contributed by atoms with van der Waals surface area (Å²) < 4.78 is 58.9. The summed E-state index contributed by atoms with van der Waals surface area (Å²) in [6, 6.07) is 0. The average Bonchev–Trinajstić information content (AvgIpc) is 2.51. The van der Waals surface area contributed by atoms with Crippen molar-refractivity contribution in [3.8, 4) is 0 Å². The van der Waals surface area contributed by atoms with Gasteiger partial charge >= 0.3 is 15.5 Å². The first-order chi connectivity index (χ1) is 6.79. The minimum Gasteiger partial charge on any atom is -0.319 e. The maximum absolute atomic E-state index is 12.2. The summed E-state index contributed by atoms with van der Waals surface area (Å²) in [5.74, 6) is -0.0351. The summed E-state index contributed by atoms with van der Waals surface area (Å²) in [5.41, 5.74) is -5.18. The Kier molecular flexibility index (Phi) is 3.62. The Balaban J connectivity index is 2.69. The van der Waals surface area contributed by atoms with Gasteiger partial charge in [0.1, 0.15) is 0 Å². The zero-order valence-electron chi connectivity index (χ0n) is 8.21. The van der Waals surface area contributed by atoms with Crippen molar-refractivity contribution in [1.82, 2.24) is 9.62 Å². The molecule has 1 unspecified atom stereocenters. The highest BCUT2D eigenvalue weighted by atomic mass is 32.2. The van der Waals surface area contributed by atoms with Crippen LogP contribution < -0.4 is 5.32 Å². The van der Waals surface area contributed by atoms with Crippen LogP contribution in [0.1, 0.15) is 6.42 Å². The third kappa shape index (κ3) is 2.61. The Hall–Kier alpha value is -0.340. The van der Waals surface area contributed by atoms with Crippen molar-refractivity contribution in [2.45, 2.75) is 11.9 Å². The molecule has 0 radical (unpaired) electrons. The van der Waals surface area contributed by atoms with Gasteiger partial charge in [-0.25, -0.2) is 8.42 Å².